The van der Waals surface area contributed by atoms with Crippen molar-refractivity contribution in [2.45, 2.75) is 18.6 Å². The SMILES string of the molecule is CNC(CC(N)=O)c1ccccc1C(F)(F)F. The maximum Gasteiger partial charge on any atom is 0.416 e. The number of hydrogen-bond acceptors (Lipinski definition) is 2. The molecule has 94 valence electrons. The zero-order valence-electron chi connectivity index (χ0n) is 9.21. The maximum absolute atomic E-state index is 12.7. The van der Waals surface area contributed by atoms with E-state index in [1.807, 2.05) is 0 Å². The molecule has 0 aliphatic carbocycles. The number of primary amides is 1. The normalized spacial score (nSPS) is 13.4. The van der Waals surface area contributed by atoms with Crippen LogP contribution in [-0.4, -0.2) is 13.0 Å². The quantitative estimate of drug-likeness (QED) is 0.851. The predicted molar refractivity (Wildman–Crippen MR) is 57.1 cm³/mol. The lowest BCUT2D eigenvalue weighted by Gasteiger charge is -2.20. The number of carbonyl (C=O) groups excluding carboxylic acids is 1. The molecule has 1 aromatic carbocycles. The molecular weight excluding hydrogens is 233 g/mol. The molecule has 3 N–H and O–H groups in total. The fraction of sp³-hybridized carbons (Fsp3) is 0.364. The third-order valence-corrected chi connectivity index (χ3v) is 2.40. The van der Waals surface area contributed by atoms with Gasteiger partial charge in [0.25, 0.3) is 0 Å². The largest absolute Gasteiger partial charge is 0.416 e. The van der Waals surface area contributed by atoms with Crippen molar-refractivity contribution in [1.82, 2.24) is 5.32 Å². The molecule has 1 amide bonds. The number of benzene rings is 1. The zero-order chi connectivity index (χ0) is 13.1. The second kappa shape index (κ2) is 5.18. The van der Waals surface area contributed by atoms with Crippen LogP contribution in [0.4, 0.5) is 13.2 Å². The second-order valence-corrected chi connectivity index (χ2v) is 3.60. The van der Waals surface area contributed by atoms with Crippen LogP contribution < -0.4 is 11.1 Å². The van der Waals surface area contributed by atoms with Gasteiger partial charge in [-0.1, -0.05) is 18.2 Å². The van der Waals surface area contributed by atoms with Crippen molar-refractivity contribution in [1.29, 1.82) is 0 Å². The smallest absolute Gasteiger partial charge is 0.370 e. The highest BCUT2D eigenvalue weighted by Gasteiger charge is 2.34. The van der Waals surface area contributed by atoms with Gasteiger partial charge in [-0.05, 0) is 18.7 Å². The number of carbonyl (C=O) groups is 1. The highest BCUT2D eigenvalue weighted by Crippen LogP contribution is 2.35. The first-order chi connectivity index (χ1) is 7.86. The number of halogens is 3. The molecule has 0 aliphatic heterocycles. The van der Waals surface area contributed by atoms with Crippen LogP contribution in [0.2, 0.25) is 0 Å². The molecule has 6 heteroatoms. The van der Waals surface area contributed by atoms with Gasteiger partial charge in [0.1, 0.15) is 0 Å². The lowest BCUT2D eigenvalue weighted by Crippen LogP contribution is -2.26. The Kier molecular flexibility index (Phi) is 4.11. The van der Waals surface area contributed by atoms with Gasteiger partial charge >= 0.3 is 6.18 Å². The summed E-state index contributed by atoms with van der Waals surface area (Å²) in [6, 6.07) is 4.40. The minimum atomic E-state index is -4.44. The molecule has 1 unspecified atom stereocenters. The van der Waals surface area contributed by atoms with Gasteiger partial charge in [-0.25, -0.2) is 0 Å². The summed E-state index contributed by atoms with van der Waals surface area (Å²) in [5.41, 5.74) is 4.28. The molecule has 3 nitrogen and oxygen atoms in total. The lowest BCUT2D eigenvalue weighted by atomic mass is 9.97. The average Bonchev–Trinajstić information content (AvgIpc) is 2.24. The van der Waals surface area contributed by atoms with Crippen molar-refractivity contribution >= 4 is 5.91 Å². The molecule has 17 heavy (non-hydrogen) atoms. The molecule has 0 saturated heterocycles. The van der Waals surface area contributed by atoms with Crippen LogP contribution in [0.15, 0.2) is 24.3 Å². The molecule has 0 aliphatic rings. The number of alkyl halides is 3. The summed E-state index contributed by atoms with van der Waals surface area (Å²) < 4.78 is 38.2. The Bertz CT molecular complexity index is 404. The third kappa shape index (κ3) is 3.45. The molecule has 0 bridgehead atoms. The van der Waals surface area contributed by atoms with Gasteiger partial charge in [0, 0.05) is 12.5 Å². The first-order valence-electron chi connectivity index (χ1n) is 4.98. The van der Waals surface area contributed by atoms with Gasteiger partial charge in [0.15, 0.2) is 0 Å². The molecule has 0 radical (unpaired) electrons. The molecule has 1 aromatic rings. The van der Waals surface area contributed by atoms with E-state index in [0.717, 1.165) is 6.07 Å². The van der Waals surface area contributed by atoms with E-state index < -0.39 is 23.7 Å². The van der Waals surface area contributed by atoms with Crippen LogP contribution in [0.3, 0.4) is 0 Å². The van der Waals surface area contributed by atoms with Crippen molar-refractivity contribution < 1.29 is 18.0 Å². The van der Waals surface area contributed by atoms with Gasteiger partial charge in [0.2, 0.25) is 5.91 Å². The Morgan fingerprint density at radius 3 is 2.47 bits per heavy atom. The topological polar surface area (TPSA) is 55.1 Å². The summed E-state index contributed by atoms with van der Waals surface area (Å²) in [5, 5.41) is 2.66. The Morgan fingerprint density at radius 2 is 2.00 bits per heavy atom. The fourth-order valence-corrected chi connectivity index (χ4v) is 1.63. The molecule has 0 fully saturated rings. The van der Waals surface area contributed by atoms with Gasteiger partial charge < -0.3 is 11.1 Å². The molecular formula is C11H13F3N2O. The first kappa shape index (κ1) is 13.5. The monoisotopic (exact) mass is 246 g/mol. The minimum Gasteiger partial charge on any atom is -0.370 e. The molecule has 0 aromatic heterocycles. The summed E-state index contributed by atoms with van der Waals surface area (Å²) in [7, 11) is 1.49. The highest BCUT2D eigenvalue weighted by atomic mass is 19.4. The van der Waals surface area contributed by atoms with Gasteiger partial charge in [-0.15, -0.1) is 0 Å². The second-order valence-electron chi connectivity index (χ2n) is 3.60. The van der Waals surface area contributed by atoms with Crippen LogP contribution >= 0.6 is 0 Å². The van der Waals surface area contributed by atoms with E-state index in [1.54, 1.807) is 0 Å². The van der Waals surface area contributed by atoms with Gasteiger partial charge in [0.05, 0.1) is 5.56 Å². The number of hydrogen-bond donors (Lipinski definition) is 2. The standard InChI is InChI=1S/C11H13F3N2O/c1-16-9(6-10(15)17)7-4-2-3-5-8(7)11(12,13)14/h2-5,9,16H,6H2,1H3,(H2,15,17). The summed E-state index contributed by atoms with van der Waals surface area (Å²) in [5.74, 6) is -0.652. The van der Waals surface area contributed by atoms with Crippen LogP contribution in [0.25, 0.3) is 0 Å². The summed E-state index contributed by atoms with van der Waals surface area (Å²) >= 11 is 0. The van der Waals surface area contributed by atoms with E-state index in [0.29, 0.717) is 0 Å². The van der Waals surface area contributed by atoms with Crippen molar-refractivity contribution in [2.24, 2.45) is 5.73 Å². The van der Waals surface area contributed by atoms with Crippen LogP contribution in [0.1, 0.15) is 23.6 Å². The van der Waals surface area contributed by atoms with E-state index in [2.05, 4.69) is 5.32 Å². The molecule has 1 rings (SSSR count). The van der Waals surface area contributed by atoms with E-state index in [-0.39, 0.29) is 12.0 Å². The van der Waals surface area contributed by atoms with E-state index in [4.69, 9.17) is 5.73 Å². The van der Waals surface area contributed by atoms with Crippen LogP contribution in [0.5, 0.6) is 0 Å². The summed E-state index contributed by atoms with van der Waals surface area (Å²) in [4.78, 5) is 10.8. The van der Waals surface area contributed by atoms with Crippen molar-refractivity contribution in [3.63, 3.8) is 0 Å². The van der Waals surface area contributed by atoms with E-state index in [9.17, 15) is 18.0 Å². The Labute approximate surface area is 96.8 Å². The predicted octanol–water partition coefficient (Wildman–Crippen LogP) is 1.84. The Balaban J connectivity index is 3.15. The van der Waals surface area contributed by atoms with Gasteiger partial charge in [-0.3, -0.25) is 4.79 Å². The molecule has 0 heterocycles. The number of nitrogens with two attached hydrogens (primary N) is 1. The van der Waals surface area contributed by atoms with Crippen molar-refractivity contribution in [3.05, 3.63) is 35.4 Å². The molecule has 0 saturated carbocycles. The maximum atomic E-state index is 12.7. The van der Waals surface area contributed by atoms with Gasteiger partial charge in [-0.2, -0.15) is 13.2 Å². The molecule has 0 spiro atoms. The van der Waals surface area contributed by atoms with Crippen molar-refractivity contribution in [2.75, 3.05) is 7.05 Å². The Morgan fingerprint density at radius 1 is 1.41 bits per heavy atom. The first-order valence-corrected chi connectivity index (χ1v) is 4.98. The van der Waals surface area contributed by atoms with Crippen LogP contribution in [0, 0.1) is 0 Å². The summed E-state index contributed by atoms with van der Waals surface area (Å²) in [6.07, 6.45) is -4.62. The zero-order valence-corrected chi connectivity index (χ0v) is 9.21. The fourth-order valence-electron chi connectivity index (χ4n) is 1.63. The van der Waals surface area contributed by atoms with E-state index >= 15 is 0 Å². The van der Waals surface area contributed by atoms with E-state index in [1.165, 1.54) is 25.2 Å². The third-order valence-electron chi connectivity index (χ3n) is 2.40. The lowest BCUT2D eigenvalue weighted by molar-refractivity contribution is -0.138. The number of amides is 1. The Hall–Kier alpha value is -1.56. The average molecular weight is 246 g/mol. The number of rotatable bonds is 4. The highest BCUT2D eigenvalue weighted by molar-refractivity contribution is 5.74. The van der Waals surface area contributed by atoms with Crippen molar-refractivity contribution in [3.8, 4) is 0 Å². The minimum absolute atomic E-state index is 0.0290. The van der Waals surface area contributed by atoms with Crippen LogP contribution in [-0.2, 0) is 11.0 Å². The summed E-state index contributed by atoms with van der Waals surface area (Å²) in [6.45, 7) is 0. The molecule has 1 atom stereocenters. The number of nitrogens with one attached hydrogen (secondary N) is 1.